The number of methoxy groups -OCH3 is 1. The van der Waals surface area contributed by atoms with E-state index in [0.29, 0.717) is 18.7 Å². The molecule has 0 aromatic heterocycles. The third-order valence-corrected chi connectivity index (χ3v) is 3.70. The first kappa shape index (κ1) is 15.7. The lowest BCUT2D eigenvalue weighted by Crippen LogP contribution is -2.34. The van der Waals surface area contributed by atoms with Crippen LogP contribution < -0.4 is 4.74 Å². The summed E-state index contributed by atoms with van der Waals surface area (Å²) in [5.41, 5.74) is 0.612. The lowest BCUT2D eigenvalue weighted by Gasteiger charge is -2.21. The van der Waals surface area contributed by atoms with E-state index in [9.17, 15) is 9.18 Å². The molecule has 1 saturated heterocycles. The highest BCUT2D eigenvalue weighted by atomic mass is 19.1. The number of ether oxygens (including phenoxy) is 1. The highest BCUT2D eigenvalue weighted by molar-refractivity contribution is 5.69. The van der Waals surface area contributed by atoms with Crippen molar-refractivity contribution in [3.8, 4) is 5.75 Å². The third kappa shape index (κ3) is 4.41. The van der Waals surface area contributed by atoms with Gasteiger partial charge >= 0.3 is 5.97 Å². The Bertz CT molecular complexity index is 496. The van der Waals surface area contributed by atoms with Crippen LogP contribution in [0.5, 0.6) is 5.75 Å². The largest absolute Gasteiger partial charge is 0.494 e. The SMILES string of the molecule is COc1cccc(CN2CCCN(CC(=O)O)CC2)c1F. The van der Waals surface area contributed by atoms with Crippen LogP contribution in [0.4, 0.5) is 4.39 Å². The molecule has 0 radical (unpaired) electrons. The number of halogens is 1. The lowest BCUT2D eigenvalue weighted by molar-refractivity contribution is -0.138. The maximum Gasteiger partial charge on any atom is 0.317 e. The average molecular weight is 296 g/mol. The molecule has 0 amide bonds. The van der Waals surface area contributed by atoms with Crippen LogP contribution in [0.3, 0.4) is 0 Å². The maximum atomic E-state index is 14.1. The van der Waals surface area contributed by atoms with E-state index in [1.54, 1.807) is 18.2 Å². The fraction of sp³-hybridized carbons (Fsp3) is 0.533. The predicted molar refractivity (Wildman–Crippen MR) is 76.9 cm³/mol. The molecule has 1 heterocycles. The summed E-state index contributed by atoms with van der Waals surface area (Å²) in [5.74, 6) is -0.858. The highest BCUT2D eigenvalue weighted by Crippen LogP contribution is 2.21. The monoisotopic (exact) mass is 296 g/mol. The molecule has 0 spiro atoms. The van der Waals surface area contributed by atoms with Crippen molar-refractivity contribution in [2.24, 2.45) is 0 Å². The molecule has 0 aliphatic carbocycles. The third-order valence-electron chi connectivity index (χ3n) is 3.70. The minimum atomic E-state index is -0.803. The molecule has 1 aromatic carbocycles. The van der Waals surface area contributed by atoms with E-state index in [2.05, 4.69) is 4.90 Å². The van der Waals surface area contributed by atoms with E-state index in [1.807, 2.05) is 4.90 Å². The summed E-state index contributed by atoms with van der Waals surface area (Å²) in [6.07, 6.45) is 0.888. The molecule has 1 N–H and O–H groups in total. The zero-order valence-corrected chi connectivity index (χ0v) is 12.2. The standard InChI is InChI=1S/C15H21FN2O3/c1-21-13-5-2-4-12(15(13)16)10-17-6-3-7-18(9-8-17)11-14(19)20/h2,4-5H,3,6-11H2,1H3,(H,19,20). The fourth-order valence-corrected chi connectivity index (χ4v) is 2.61. The molecular weight excluding hydrogens is 275 g/mol. The zero-order chi connectivity index (χ0) is 15.2. The molecule has 1 fully saturated rings. The van der Waals surface area contributed by atoms with Gasteiger partial charge in [-0.05, 0) is 19.0 Å². The molecule has 0 bridgehead atoms. The Hall–Kier alpha value is -1.66. The number of hydrogen-bond acceptors (Lipinski definition) is 4. The Morgan fingerprint density at radius 2 is 2.00 bits per heavy atom. The summed E-state index contributed by atoms with van der Waals surface area (Å²) in [6.45, 7) is 3.63. The number of aliphatic carboxylic acids is 1. The number of benzene rings is 1. The van der Waals surface area contributed by atoms with Crippen molar-refractivity contribution >= 4 is 5.97 Å². The summed E-state index contributed by atoms with van der Waals surface area (Å²) >= 11 is 0. The quantitative estimate of drug-likeness (QED) is 0.891. The number of hydrogen-bond donors (Lipinski definition) is 1. The van der Waals surface area contributed by atoms with E-state index in [1.165, 1.54) is 7.11 Å². The number of carboxylic acids is 1. The minimum absolute atomic E-state index is 0.0708. The van der Waals surface area contributed by atoms with E-state index < -0.39 is 5.97 Å². The van der Waals surface area contributed by atoms with Gasteiger partial charge in [0.15, 0.2) is 11.6 Å². The van der Waals surface area contributed by atoms with Crippen LogP contribution in [0, 0.1) is 5.82 Å². The van der Waals surface area contributed by atoms with Gasteiger partial charge in [-0.15, -0.1) is 0 Å². The van der Waals surface area contributed by atoms with Crippen molar-refractivity contribution in [2.75, 3.05) is 39.8 Å². The molecule has 6 heteroatoms. The van der Waals surface area contributed by atoms with Gasteiger partial charge in [0, 0.05) is 31.7 Å². The highest BCUT2D eigenvalue weighted by Gasteiger charge is 2.18. The van der Waals surface area contributed by atoms with Crippen LogP contribution in [-0.2, 0) is 11.3 Å². The first-order chi connectivity index (χ1) is 10.1. The van der Waals surface area contributed by atoms with E-state index >= 15 is 0 Å². The second kappa shape index (κ2) is 7.38. The van der Waals surface area contributed by atoms with E-state index in [4.69, 9.17) is 9.84 Å². The van der Waals surface area contributed by atoms with E-state index in [-0.39, 0.29) is 18.1 Å². The zero-order valence-electron chi connectivity index (χ0n) is 12.2. The lowest BCUT2D eigenvalue weighted by atomic mass is 10.2. The Labute approximate surface area is 123 Å². The topological polar surface area (TPSA) is 53.0 Å². The fourth-order valence-electron chi connectivity index (χ4n) is 2.61. The van der Waals surface area contributed by atoms with Crippen LogP contribution in [-0.4, -0.2) is 60.7 Å². The Kier molecular flexibility index (Phi) is 5.52. The van der Waals surface area contributed by atoms with Crippen LogP contribution >= 0.6 is 0 Å². The van der Waals surface area contributed by atoms with Crippen LogP contribution in [0.25, 0.3) is 0 Å². The Morgan fingerprint density at radius 1 is 1.29 bits per heavy atom. The van der Waals surface area contributed by atoms with E-state index in [0.717, 1.165) is 26.1 Å². The Morgan fingerprint density at radius 3 is 2.71 bits per heavy atom. The number of rotatable bonds is 5. The molecule has 1 aliphatic heterocycles. The van der Waals surface area contributed by atoms with Crippen molar-refractivity contribution in [1.82, 2.24) is 9.80 Å². The van der Waals surface area contributed by atoms with Crippen LogP contribution in [0.1, 0.15) is 12.0 Å². The summed E-state index contributed by atoms with van der Waals surface area (Å²) in [7, 11) is 1.46. The maximum absolute atomic E-state index is 14.1. The number of nitrogens with zero attached hydrogens (tertiary/aromatic N) is 2. The van der Waals surface area contributed by atoms with Crippen molar-refractivity contribution in [3.63, 3.8) is 0 Å². The van der Waals surface area contributed by atoms with Gasteiger partial charge in [0.05, 0.1) is 13.7 Å². The van der Waals surface area contributed by atoms with Gasteiger partial charge in [-0.25, -0.2) is 4.39 Å². The molecule has 1 aliphatic rings. The molecule has 21 heavy (non-hydrogen) atoms. The van der Waals surface area contributed by atoms with Crippen molar-refractivity contribution < 1.29 is 19.0 Å². The molecule has 0 atom stereocenters. The summed E-state index contributed by atoms with van der Waals surface area (Å²) in [6, 6.07) is 5.15. The van der Waals surface area contributed by atoms with Crippen molar-refractivity contribution in [2.45, 2.75) is 13.0 Å². The van der Waals surface area contributed by atoms with Crippen LogP contribution in [0.15, 0.2) is 18.2 Å². The first-order valence-electron chi connectivity index (χ1n) is 7.08. The first-order valence-corrected chi connectivity index (χ1v) is 7.08. The van der Waals surface area contributed by atoms with Gasteiger partial charge in [0.25, 0.3) is 0 Å². The second-order valence-corrected chi connectivity index (χ2v) is 5.23. The van der Waals surface area contributed by atoms with Gasteiger partial charge < -0.3 is 9.84 Å². The molecular formula is C15H21FN2O3. The van der Waals surface area contributed by atoms with Crippen LogP contribution in [0.2, 0.25) is 0 Å². The molecule has 0 saturated carbocycles. The average Bonchev–Trinajstić information content (AvgIpc) is 2.66. The summed E-state index contributed by atoms with van der Waals surface area (Å²) in [4.78, 5) is 14.8. The van der Waals surface area contributed by atoms with Gasteiger partial charge in [-0.2, -0.15) is 0 Å². The normalized spacial score (nSPS) is 17.4. The van der Waals surface area contributed by atoms with Gasteiger partial charge in [0.2, 0.25) is 0 Å². The Balaban J connectivity index is 1.96. The second-order valence-electron chi connectivity index (χ2n) is 5.23. The predicted octanol–water partition coefficient (Wildman–Crippen LogP) is 1.43. The van der Waals surface area contributed by atoms with Crippen molar-refractivity contribution in [3.05, 3.63) is 29.6 Å². The number of carbonyl (C=O) groups is 1. The number of carboxylic acid groups (broad SMARTS) is 1. The molecule has 2 rings (SSSR count). The van der Waals surface area contributed by atoms with Gasteiger partial charge in [-0.1, -0.05) is 12.1 Å². The molecule has 5 nitrogen and oxygen atoms in total. The summed E-state index contributed by atoms with van der Waals surface area (Å²) in [5, 5.41) is 8.83. The molecule has 1 aromatic rings. The van der Waals surface area contributed by atoms with Crippen molar-refractivity contribution in [1.29, 1.82) is 0 Å². The molecule has 116 valence electrons. The summed E-state index contributed by atoms with van der Waals surface area (Å²) < 4.78 is 19.1. The minimum Gasteiger partial charge on any atom is -0.494 e. The van der Waals surface area contributed by atoms with Gasteiger partial charge in [-0.3, -0.25) is 14.6 Å². The van der Waals surface area contributed by atoms with Gasteiger partial charge in [0.1, 0.15) is 0 Å². The smallest absolute Gasteiger partial charge is 0.317 e. The molecule has 0 unspecified atom stereocenters.